The Morgan fingerprint density at radius 1 is 0.886 bits per heavy atom. The zero-order valence-corrected chi connectivity index (χ0v) is 19.6. The molecule has 0 aliphatic rings. The molecule has 1 heterocycles. The highest BCUT2D eigenvalue weighted by Crippen LogP contribution is 2.25. The van der Waals surface area contributed by atoms with Crippen molar-refractivity contribution in [3.8, 4) is 5.75 Å². The fourth-order valence-corrected chi connectivity index (χ4v) is 3.95. The van der Waals surface area contributed by atoms with Gasteiger partial charge < -0.3 is 19.4 Å². The molecule has 0 aliphatic heterocycles. The molecule has 0 unspecified atom stereocenters. The quantitative estimate of drug-likeness (QED) is 0.386. The molecule has 1 aromatic heterocycles. The third-order valence-electron chi connectivity index (χ3n) is 5.80. The van der Waals surface area contributed by atoms with Crippen LogP contribution in [-0.2, 0) is 22.5 Å². The lowest BCUT2D eigenvalue weighted by Gasteiger charge is -2.16. The number of benzene rings is 3. The van der Waals surface area contributed by atoms with Crippen molar-refractivity contribution in [3.63, 3.8) is 0 Å². The Bertz CT molecular complexity index is 1410. The lowest BCUT2D eigenvalue weighted by molar-refractivity contribution is -0.116. The number of aryl methyl sites for hydroxylation is 1. The number of carbonyl (C=O) groups excluding carboxylic acids is 2. The van der Waals surface area contributed by atoms with E-state index in [1.807, 2.05) is 54.6 Å². The summed E-state index contributed by atoms with van der Waals surface area (Å²) in [6.45, 7) is 0.232. The van der Waals surface area contributed by atoms with Crippen LogP contribution in [0.25, 0.3) is 10.9 Å². The fourth-order valence-electron chi connectivity index (χ4n) is 3.95. The molecular formula is C28H26N2O5. The predicted molar refractivity (Wildman–Crippen MR) is 135 cm³/mol. The van der Waals surface area contributed by atoms with Crippen LogP contribution in [0.2, 0.25) is 0 Å². The molecule has 0 saturated heterocycles. The molecule has 0 bridgehead atoms. The van der Waals surface area contributed by atoms with Gasteiger partial charge in [0.1, 0.15) is 11.3 Å². The first-order valence-corrected chi connectivity index (χ1v) is 11.2. The smallest absolute Gasteiger partial charge is 0.343 e. The molecule has 3 aromatic carbocycles. The minimum absolute atomic E-state index is 0.0977. The Labute approximate surface area is 202 Å². The normalized spacial score (nSPS) is 10.7. The number of nitrogens with zero attached hydrogens (tertiary/aromatic N) is 1. The van der Waals surface area contributed by atoms with E-state index in [0.29, 0.717) is 35.2 Å². The monoisotopic (exact) mass is 470 g/mol. The highest BCUT2D eigenvalue weighted by atomic mass is 16.5. The molecular weight excluding hydrogens is 444 g/mol. The Hall–Kier alpha value is -4.39. The van der Waals surface area contributed by atoms with Crippen LogP contribution in [0.1, 0.15) is 27.9 Å². The van der Waals surface area contributed by atoms with Gasteiger partial charge in [0.15, 0.2) is 0 Å². The summed E-state index contributed by atoms with van der Waals surface area (Å²) in [5, 5.41) is 3.52. The van der Waals surface area contributed by atoms with Crippen LogP contribution in [0, 0.1) is 0 Å². The van der Waals surface area contributed by atoms with Gasteiger partial charge in [0, 0.05) is 11.8 Å². The number of hydrogen-bond donors (Lipinski definition) is 1. The first-order chi connectivity index (χ1) is 17.0. The van der Waals surface area contributed by atoms with Crippen LogP contribution >= 0.6 is 0 Å². The van der Waals surface area contributed by atoms with E-state index >= 15 is 0 Å². The molecule has 35 heavy (non-hydrogen) atoms. The van der Waals surface area contributed by atoms with Gasteiger partial charge in [-0.3, -0.25) is 9.59 Å². The van der Waals surface area contributed by atoms with Crippen molar-refractivity contribution in [2.24, 2.45) is 0 Å². The maximum atomic E-state index is 13.3. The SMILES string of the molecule is COC(=O)c1cc2c(NC(=O)CCc3ccccc3)cccc2n(Cc2ccc(OC)cc2)c1=O. The third kappa shape index (κ3) is 5.41. The van der Waals surface area contributed by atoms with Crippen LogP contribution in [0.4, 0.5) is 5.69 Å². The Morgan fingerprint density at radius 2 is 1.63 bits per heavy atom. The van der Waals surface area contributed by atoms with Gasteiger partial charge in [0.25, 0.3) is 5.56 Å². The van der Waals surface area contributed by atoms with Crippen LogP contribution in [0.5, 0.6) is 5.75 Å². The number of carbonyl (C=O) groups is 2. The molecule has 1 amide bonds. The number of ether oxygens (including phenoxy) is 2. The molecule has 0 aliphatic carbocycles. The average molecular weight is 471 g/mol. The second kappa shape index (κ2) is 10.7. The maximum absolute atomic E-state index is 13.3. The van der Waals surface area contributed by atoms with Crippen molar-refractivity contribution in [2.75, 3.05) is 19.5 Å². The lowest BCUT2D eigenvalue weighted by Crippen LogP contribution is -2.28. The molecule has 0 fully saturated rings. The summed E-state index contributed by atoms with van der Waals surface area (Å²) in [4.78, 5) is 38.4. The van der Waals surface area contributed by atoms with E-state index in [4.69, 9.17) is 9.47 Å². The molecule has 0 radical (unpaired) electrons. The summed E-state index contributed by atoms with van der Waals surface area (Å²) >= 11 is 0. The van der Waals surface area contributed by atoms with Crippen molar-refractivity contribution < 1.29 is 19.1 Å². The summed E-state index contributed by atoms with van der Waals surface area (Å²) < 4.78 is 11.6. The number of anilines is 1. The summed E-state index contributed by atoms with van der Waals surface area (Å²) in [7, 11) is 2.82. The molecule has 0 atom stereocenters. The van der Waals surface area contributed by atoms with Crippen molar-refractivity contribution in [1.29, 1.82) is 0 Å². The van der Waals surface area contributed by atoms with E-state index in [0.717, 1.165) is 11.1 Å². The summed E-state index contributed by atoms with van der Waals surface area (Å²) in [5.41, 5.74) is 2.48. The summed E-state index contributed by atoms with van der Waals surface area (Å²) in [6.07, 6.45) is 0.906. The zero-order chi connectivity index (χ0) is 24.8. The second-order valence-electron chi connectivity index (χ2n) is 8.06. The zero-order valence-electron chi connectivity index (χ0n) is 19.6. The van der Waals surface area contributed by atoms with E-state index in [9.17, 15) is 14.4 Å². The fraction of sp³-hybridized carbons (Fsp3) is 0.179. The number of methoxy groups -OCH3 is 2. The van der Waals surface area contributed by atoms with Crippen LogP contribution < -0.4 is 15.6 Å². The van der Waals surface area contributed by atoms with Gasteiger partial charge in [-0.15, -0.1) is 0 Å². The highest BCUT2D eigenvalue weighted by Gasteiger charge is 2.18. The van der Waals surface area contributed by atoms with E-state index in [2.05, 4.69) is 5.32 Å². The number of hydrogen-bond acceptors (Lipinski definition) is 5. The van der Waals surface area contributed by atoms with Crippen molar-refractivity contribution in [1.82, 2.24) is 4.57 Å². The second-order valence-corrected chi connectivity index (χ2v) is 8.06. The van der Waals surface area contributed by atoms with Crippen LogP contribution in [0.3, 0.4) is 0 Å². The molecule has 1 N–H and O–H groups in total. The molecule has 7 nitrogen and oxygen atoms in total. The number of amides is 1. The van der Waals surface area contributed by atoms with Gasteiger partial charge in [-0.25, -0.2) is 4.79 Å². The third-order valence-corrected chi connectivity index (χ3v) is 5.80. The summed E-state index contributed by atoms with van der Waals surface area (Å²) in [5.74, 6) is -0.186. The van der Waals surface area contributed by atoms with E-state index in [1.165, 1.54) is 17.7 Å². The number of nitrogens with one attached hydrogen (secondary N) is 1. The number of esters is 1. The van der Waals surface area contributed by atoms with Gasteiger partial charge in [0.05, 0.1) is 32.0 Å². The molecule has 178 valence electrons. The average Bonchev–Trinajstić information content (AvgIpc) is 2.89. The van der Waals surface area contributed by atoms with Crippen LogP contribution in [0.15, 0.2) is 83.7 Å². The van der Waals surface area contributed by atoms with Gasteiger partial charge >= 0.3 is 5.97 Å². The van der Waals surface area contributed by atoms with Crippen LogP contribution in [-0.4, -0.2) is 30.7 Å². The molecule has 4 rings (SSSR count). The number of fused-ring (bicyclic) bond motifs is 1. The van der Waals surface area contributed by atoms with Gasteiger partial charge in [0.2, 0.25) is 5.91 Å². The topological polar surface area (TPSA) is 86.6 Å². The van der Waals surface area contributed by atoms with Gasteiger partial charge in [-0.1, -0.05) is 48.5 Å². The largest absolute Gasteiger partial charge is 0.497 e. The molecule has 7 heteroatoms. The maximum Gasteiger partial charge on any atom is 0.343 e. The van der Waals surface area contributed by atoms with E-state index in [1.54, 1.807) is 25.3 Å². The molecule has 0 spiro atoms. The first kappa shape index (κ1) is 23.8. The summed E-state index contributed by atoms with van der Waals surface area (Å²) in [6, 6.07) is 23.9. The number of aromatic nitrogens is 1. The first-order valence-electron chi connectivity index (χ1n) is 11.2. The Kier molecular flexibility index (Phi) is 7.26. The predicted octanol–water partition coefficient (Wildman–Crippen LogP) is 4.42. The van der Waals surface area contributed by atoms with E-state index in [-0.39, 0.29) is 18.0 Å². The minimum atomic E-state index is -0.731. The lowest BCUT2D eigenvalue weighted by atomic mass is 10.1. The highest BCUT2D eigenvalue weighted by molar-refractivity contribution is 6.03. The van der Waals surface area contributed by atoms with Gasteiger partial charge in [-0.05, 0) is 47.9 Å². The van der Waals surface area contributed by atoms with Gasteiger partial charge in [-0.2, -0.15) is 0 Å². The molecule has 0 saturated carbocycles. The Morgan fingerprint density at radius 3 is 2.31 bits per heavy atom. The molecule has 4 aromatic rings. The van der Waals surface area contributed by atoms with Crippen molar-refractivity contribution >= 4 is 28.5 Å². The minimum Gasteiger partial charge on any atom is -0.497 e. The van der Waals surface area contributed by atoms with Crippen molar-refractivity contribution in [3.05, 3.63) is 106 Å². The standard InChI is InChI=1S/C28H26N2O5/c1-34-21-14-11-20(12-15-21)18-30-25-10-6-9-24(22(25)17-23(27(30)32)28(33)35-2)29-26(31)16-13-19-7-4-3-5-8-19/h3-12,14-15,17H,13,16,18H2,1-2H3,(H,29,31). The van der Waals surface area contributed by atoms with Crippen molar-refractivity contribution in [2.45, 2.75) is 19.4 Å². The number of rotatable bonds is 8. The van der Waals surface area contributed by atoms with E-state index < -0.39 is 11.5 Å². The Balaban J connectivity index is 1.71. The number of pyridine rings is 1.